The highest BCUT2D eigenvalue weighted by atomic mass is 79.9. The van der Waals surface area contributed by atoms with E-state index >= 15 is 0 Å². The molecule has 2 aromatic rings. The number of carbonyl (C=O) groups excluding carboxylic acids is 1. The molecule has 2 nitrogen and oxygen atoms in total. The standard InChI is InChI=1S/C14H12BrNOS/c1-18-11-5-2-9(3-6-11)14(17)12-7-4-10(16)8-13(12)15/h2-8H,16H2,1H3. The van der Waals surface area contributed by atoms with Gasteiger partial charge in [-0.05, 0) is 64.7 Å². The summed E-state index contributed by atoms with van der Waals surface area (Å²) in [7, 11) is 0. The van der Waals surface area contributed by atoms with E-state index in [-0.39, 0.29) is 5.78 Å². The lowest BCUT2D eigenvalue weighted by Gasteiger charge is -2.05. The number of nitrogens with two attached hydrogens (primary N) is 1. The molecule has 92 valence electrons. The van der Waals surface area contributed by atoms with Gasteiger partial charge >= 0.3 is 0 Å². The van der Waals surface area contributed by atoms with Gasteiger partial charge in [-0.15, -0.1) is 11.8 Å². The van der Waals surface area contributed by atoms with Crippen molar-refractivity contribution in [2.24, 2.45) is 0 Å². The number of anilines is 1. The van der Waals surface area contributed by atoms with Crippen LogP contribution >= 0.6 is 27.7 Å². The minimum absolute atomic E-state index is 0.00507. The third-order valence-electron chi connectivity index (χ3n) is 2.59. The Morgan fingerprint density at radius 2 is 1.83 bits per heavy atom. The third kappa shape index (κ3) is 2.76. The number of benzene rings is 2. The highest BCUT2D eigenvalue weighted by Gasteiger charge is 2.12. The van der Waals surface area contributed by atoms with E-state index in [1.807, 2.05) is 30.5 Å². The van der Waals surface area contributed by atoms with Crippen molar-refractivity contribution in [2.45, 2.75) is 4.90 Å². The summed E-state index contributed by atoms with van der Waals surface area (Å²) in [6.45, 7) is 0. The average molecular weight is 322 g/mol. The molecule has 0 aromatic heterocycles. The van der Waals surface area contributed by atoms with Gasteiger partial charge in [0, 0.05) is 26.2 Å². The van der Waals surface area contributed by atoms with Crippen LogP contribution in [0.4, 0.5) is 5.69 Å². The molecule has 0 heterocycles. The molecule has 0 aliphatic carbocycles. The molecule has 0 spiro atoms. The Morgan fingerprint density at radius 3 is 2.39 bits per heavy atom. The Bertz CT molecular complexity index is 581. The van der Waals surface area contributed by atoms with Crippen molar-refractivity contribution in [1.82, 2.24) is 0 Å². The summed E-state index contributed by atoms with van der Waals surface area (Å²) in [6.07, 6.45) is 2.01. The van der Waals surface area contributed by atoms with Crippen molar-refractivity contribution in [1.29, 1.82) is 0 Å². The van der Waals surface area contributed by atoms with Gasteiger partial charge in [0.05, 0.1) is 0 Å². The van der Waals surface area contributed by atoms with Crippen molar-refractivity contribution in [2.75, 3.05) is 12.0 Å². The molecule has 18 heavy (non-hydrogen) atoms. The summed E-state index contributed by atoms with van der Waals surface area (Å²) in [5.74, 6) is -0.00507. The van der Waals surface area contributed by atoms with Crippen LogP contribution in [0.2, 0.25) is 0 Å². The molecule has 0 atom stereocenters. The number of halogens is 1. The van der Waals surface area contributed by atoms with Crippen molar-refractivity contribution in [3.8, 4) is 0 Å². The summed E-state index contributed by atoms with van der Waals surface area (Å²) in [5, 5.41) is 0. The normalized spacial score (nSPS) is 10.3. The van der Waals surface area contributed by atoms with Crippen LogP contribution in [0.5, 0.6) is 0 Å². The van der Waals surface area contributed by atoms with Crippen molar-refractivity contribution in [3.63, 3.8) is 0 Å². The number of thioether (sulfide) groups is 1. The second-order valence-corrected chi connectivity index (χ2v) is 5.53. The molecule has 0 amide bonds. The fraction of sp³-hybridized carbons (Fsp3) is 0.0714. The van der Waals surface area contributed by atoms with E-state index in [9.17, 15) is 4.79 Å². The summed E-state index contributed by atoms with van der Waals surface area (Å²) in [5.41, 5.74) is 7.60. The maximum atomic E-state index is 12.3. The number of hydrogen-bond donors (Lipinski definition) is 1. The van der Waals surface area contributed by atoms with E-state index in [0.717, 1.165) is 9.37 Å². The molecule has 4 heteroatoms. The lowest BCUT2D eigenvalue weighted by molar-refractivity contribution is 0.103. The van der Waals surface area contributed by atoms with Crippen LogP contribution in [0.15, 0.2) is 51.8 Å². The Morgan fingerprint density at radius 1 is 1.17 bits per heavy atom. The van der Waals surface area contributed by atoms with E-state index in [1.54, 1.807) is 30.0 Å². The summed E-state index contributed by atoms with van der Waals surface area (Å²) in [4.78, 5) is 13.4. The first kappa shape index (κ1) is 13.2. The average Bonchev–Trinajstić information content (AvgIpc) is 2.38. The van der Waals surface area contributed by atoms with E-state index in [4.69, 9.17) is 5.73 Å². The Balaban J connectivity index is 2.35. The SMILES string of the molecule is CSc1ccc(C(=O)c2ccc(N)cc2Br)cc1. The molecule has 0 saturated heterocycles. The lowest BCUT2D eigenvalue weighted by atomic mass is 10.0. The maximum absolute atomic E-state index is 12.3. The summed E-state index contributed by atoms with van der Waals surface area (Å²) >= 11 is 5.02. The monoisotopic (exact) mass is 321 g/mol. The molecule has 0 aliphatic rings. The molecule has 0 aliphatic heterocycles. The van der Waals surface area contributed by atoms with Gasteiger partial charge in [0.1, 0.15) is 0 Å². The van der Waals surface area contributed by atoms with Crippen LogP contribution in [-0.4, -0.2) is 12.0 Å². The maximum Gasteiger partial charge on any atom is 0.194 e. The Kier molecular flexibility index (Phi) is 4.09. The van der Waals surface area contributed by atoms with Crippen LogP contribution in [0.3, 0.4) is 0 Å². The highest BCUT2D eigenvalue weighted by molar-refractivity contribution is 9.10. The van der Waals surface area contributed by atoms with Crippen molar-refractivity contribution < 1.29 is 4.79 Å². The number of nitrogen functional groups attached to an aromatic ring is 1. The van der Waals surface area contributed by atoms with E-state index in [0.29, 0.717) is 16.8 Å². The van der Waals surface area contributed by atoms with Crippen LogP contribution < -0.4 is 5.73 Å². The topological polar surface area (TPSA) is 43.1 Å². The molecule has 2 aromatic carbocycles. The molecule has 0 bridgehead atoms. The summed E-state index contributed by atoms with van der Waals surface area (Å²) in [6, 6.07) is 12.8. The number of rotatable bonds is 3. The molecule has 2 rings (SSSR count). The van der Waals surface area contributed by atoms with Gasteiger partial charge in [-0.2, -0.15) is 0 Å². The summed E-state index contributed by atoms with van der Waals surface area (Å²) < 4.78 is 0.724. The fourth-order valence-electron chi connectivity index (χ4n) is 1.61. The van der Waals surface area contributed by atoms with Gasteiger partial charge in [0.15, 0.2) is 5.78 Å². The van der Waals surface area contributed by atoms with Gasteiger partial charge < -0.3 is 5.73 Å². The predicted octanol–water partition coefficient (Wildman–Crippen LogP) is 3.98. The molecule has 2 N–H and O–H groups in total. The van der Waals surface area contributed by atoms with Gasteiger partial charge in [-0.3, -0.25) is 4.79 Å². The first-order valence-corrected chi connectivity index (χ1v) is 7.37. The molecule has 0 unspecified atom stereocenters. The lowest BCUT2D eigenvalue weighted by Crippen LogP contribution is -2.02. The van der Waals surface area contributed by atoms with Crippen molar-refractivity contribution in [3.05, 3.63) is 58.1 Å². The first-order valence-electron chi connectivity index (χ1n) is 5.35. The predicted molar refractivity (Wildman–Crippen MR) is 80.2 cm³/mol. The zero-order chi connectivity index (χ0) is 13.1. The Labute approximate surface area is 119 Å². The first-order chi connectivity index (χ1) is 8.61. The molecule has 0 fully saturated rings. The van der Waals surface area contributed by atoms with Gasteiger partial charge in [0.25, 0.3) is 0 Å². The Hall–Kier alpha value is -1.26. The third-order valence-corrected chi connectivity index (χ3v) is 3.99. The fourth-order valence-corrected chi connectivity index (χ4v) is 2.60. The number of carbonyl (C=O) groups is 1. The molecular weight excluding hydrogens is 310 g/mol. The van der Waals surface area contributed by atoms with Gasteiger partial charge in [0.2, 0.25) is 0 Å². The zero-order valence-corrected chi connectivity index (χ0v) is 12.2. The minimum Gasteiger partial charge on any atom is -0.399 e. The van der Waals surface area contributed by atoms with Crippen LogP contribution in [0, 0.1) is 0 Å². The van der Waals surface area contributed by atoms with E-state index in [1.165, 1.54) is 0 Å². The smallest absolute Gasteiger partial charge is 0.194 e. The van der Waals surface area contributed by atoms with E-state index in [2.05, 4.69) is 15.9 Å². The quantitative estimate of drug-likeness (QED) is 0.528. The van der Waals surface area contributed by atoms with E-state index < -0.39 is 0 Å². The molecule has 0 saturated carbocycles. The van der Waals surface area contributed by atoms with Gasteiger partial charge in [-0.25, -0.2) is 0 Å². The second kappa shape index (κ2) is 5.59. The zero-order valence-electron chi connectivity index (χ0n) is 9.81. The molecular formula is C14H12BrNOS. The van der Waals surface area contributed by atoms with Crippen LogP contribution in [-0.2, 0) is 0 Å². The minimum atomic E-state index is -0.00507. The molecule has 0 radical (unpaired) electrons. The largest absolute Gasteiger partial charge is 0.399 e. The number of hydrogen-bond acceptors (Lipinski definition) is 3. The number of ketones is 1. The second-order valence-electron chi connectivity index (χ2n) is 3.80. The van der Waals surface area contributed by atoms with Crippen LogP contribution in [0.1, 0.15) is 15.9 Å². The van der Waals surface area contributed by atoms with Gasteiger partial charge in [-0.1, -0.05) is 0 Å². The van der Waals surface area contributed by atoms with Crippen molar-refractivity contribution >= 4 is 39.2 Å². The highest BCUT2D eigenvalue weighted by Crippen LogP contribution is 2.23. The van der Waals surface area contributed by atoms with Crippen LogP contribution in [0.25, 0.3) is 0 Å².